The highest BCUT2D eigenvalue weighted by atomic mass is 32.2. The van der Waals surface area contributed by atoms with Crippen LogP contribution < -0.4 is 105 Å². The first-order valence-corrected chi connectivity index (χ1v) is 40.1. The van der Waals surface area contributed by atoms with Gasteiger partial charge in [-0.2, -0.15) is 11.8 Å². The number of unbranched alkanes of at least 4 members (excludes halogenated alkanes) is 8. The smallest absolute Gasteiger partial charge is 0.329 e. The van der Waals surface area contributed by atoms with Gasteiger partial charge in [0.2, 0.25) is 59.1 Å². The lowest BCUT2D eigenvalue weighted by molar-refractivity contribution is -0.144. The third-order valence-corrected chi connectivity index (χ3v) is 19.0. The van der Waals surface area contributed by atoms with Crippen LogP contribution in [0.25, 0.3) is 0 Å². The van der Waals surface area contributed by atoms with E-state index >= 15 is 0 Å². The number of allylic oxidation sites excluding steroid dienone is 5. The Morgan fingerprint density at radius 1 is 0.361 bits per heavy atom. The predicted octanol–water partition coefficient (Wildman–Crippen LogP) is -1.11. The number of carbonyl (C=O) groups is 11. The lowest BCUT2D eigenvalue weighted by Crippen LogP contribution is -2.62. The molecule has 10 amide bonds. The topological polar surface area (TPSA) is 592 Å². The molecule has 0 aromatic rings. The minimum atomic E-state index is -1.75. The highest BCUT2D eigenvalue weighted by molar-refractivity contribution is 7.99. The maximum atomic E-state index is 14.6. The highest BCUT2D eigenvalue weighted by Crippen LogP contribution is 2.17. The molecule has 108 heavy (non-hydrogen) atoms. The Hall–Kier alpha value is -6.70. The molecule has 0 aliphatic rings. The molecule has 33 nitrogen and oxygen atoms in total. The molecule has 0 radical (unpaired) electrons. The summed E-state index contributed by atoms with van der Waals surface area (Å²) in [4.78, 5) is 155. The third-order valence-electron chi connectivity index (χ3n) is 18.0. The summed E-state index contributed by atoms with van der Waals surface area (Å²) in [5.74, 6) is -8.31. The molecule has 0 saturated heterocycles. The van der Waals surface area contributed by atoms with Crippen molar-refractivity contribution in [3.63, 3.8) is 0 Å². The first kappa shape index (κ1) is 101. The molecule has 0 spiro atoms. The summed E-state index contributed by atoms with van der Waals surface area (Å²) in [5.41, 5.74) is 56.3. The number of aliphatic hydroxyl groups excluding tert-OH is 2. The largest absolute Gasteiger partial charge is 0.467 e. The molecule has 30 N–H and O–H groups in total. The zero-order valence-corrected chi connectivity index (χ0v) is 66.5. The standard InChI is InChI=1S/C74H141N19O14S/c1-49(2)25-23-26-50(3)27-24-28-51(4)37-46-108-48-62(74(106)107-6)92-70(102)59(35-13-21-44-81)90-73(105)63(52(5)95)93-71(103)60(36-14-22-45-82)89-72(104)61(47-94)91-69(101)58(34-12-20-43-80)88-68(100)57(33-11-19-42-79)87-67(99)56(32-10-18-41-78)86-66(98)55(31-9-17-40-77)85-65(97)54(30-8-16-39-76)84-64(96)53(83)29-7-15-38-75/h25,27,37,52-63,94-95H,7-24,26,28-36,38-48,75-83H2,1-6H3,(H,84,96)(H,85,97)(H,86,98)(H,87,99)(H,88,100)(H,89,104)(H,90,105)(H,91,101)(H,92,102)(H,93,103)/b50-27+,51-37+/t52-,53+,54+,55+,56+,57+,58+,59+,60+,61+,62+,63+/m1/s1. The van der Waals surface area contributed by atoms with E-state index in [2.05, 4.69) is 92.2 Å². The molecule has 0 aromatic heterocycles. The zero-order valence-electron chi connectivity index (χ0n) is 65.6. The minimum Gasteiger partial charge on any atom is -0.467 e. The molecule has 34 heteroatoms. The molecular formula is C74H141N19O14S. The van der Waals surface area contributed by atoms with E-state index in [9.17, 15) is 63.0 Å². The molecule has 0 heterocycles. The van der Waals surface area contributed by atoms with Gasteiger partial charge in [0.15, 0.2) is 0 Å². The van der Waals surface area contributed by atoms with Crippen LogP contribution in [0, 0.1) is 0 Å². The van der Waals surface area contributed by atoms with Crippen molar-refractivity contribution in [1.29, 1.82) is 0 Å². The Kier molecular flexibility index (Phi) is 59.1. The van der Waals surface area contributed by atoms with E-state index in [4.69, 9.17) is 56.3 Å². The number of nitrogens with two attached hydrogens (primary N) is 9. The van der Waals surface area contributed by atoms with Crippen molar-refractivity contribution >= 4 is 76.8 Å². The van der Waals surface area contributed by atoms with Crippen molar-refractivity contribution in [2.45, 2.75) is 287 Å². The van der Waals surface area contributed by atoms with Crippen LogP contribution >= 0.6 is 11.8 Å². The SMILES string of the molecule is COC(=O)[C@H](CSC/C=C(\C)CC/C=C(\C)CCC=C(C)C)NC(=O)[C@H](CCCCN)NC(=O)[C@@H](NC(=O)[C@H](CCCCN)NC(=O)[C@H](CO)NC(=O)[C@H](CCCCN)NC(=O)[C@H](CCCCN)NC(=O)[C@H](CCCCN)NC(=O)[C@H](CCCCN)NC(=O)[C@H](CCCCN)NC(=O)[C@@H](N)CCCCN)[C@@H](C)O. The molecule has 0 fully saturated rings. The number of ether oxygens (including phenoxy) is 1. The number of amides is 10. The maximum Gasteiger partial charge on any atom is 0.329 e. The monoisotopic (exact) mass is 1550 g/mol. The van der Waals surface area contributed by atoms with Gasteiger partial charge in [-0.15, -0.1) is 0 Å². The number of esters is 1. The summed E-state index contributed by atoms with van der Waals surface area (Å²) in [6, 6.07) is -14.6. The molecule has 622 valence electrons. The van der Waals surface area contributed by atoms with Gasteiger partial charge in [0.1, 0.15) is 60.4 Å². The van der Waals surface area contributed by atoms with Crippen molar-refractivity contribution in [2.75, 3.05) is 77.6 Å². The van der Waals surface area contributed by atoms with E-state index in [1.54, 1.807) is 0 Å². The molecule has 0 aliphatic carbocycles. The van der Waals surface area contributed by atoms with E-state index in [0.29, 0.717) is 115 Å². The zero-order chi connectivity index (χ0) is 81.2. The summed E-state index contributed by atoms with van der Waals surface area (Å²) in [6.45, 7) is 10.7. The molecule has 0 rings (SSSR count). The van der Waals surface area contributed by atoms with Crippen LogP contribution in [0.4, 0.5) is 0 Å². The van der Waals surface area contributed by atoms with Gasteiger partial charge in [0.25, 0.3) is 0 Å². The number of hydrogen-bond acceptors (Lipinski definition) is 24. The first-order valence-electron chi connectivity index (χ1n) is 39.0. The van der Waals surface area contributed by atoms with Crippen molar-refractivity contribution < 1.29 is 67.7 Å². The predicted molar refractivity (Wildman–Crippen MR) is 424 cm³/mol. The fourth-order valence-electron chi connectivity index (χ4n) is 11.3. The van der Waals surface area contributed by atoms with Crippen LogP contribution in [0.5, 0.6) is 0 Å². The Bertz CT molecular complexity index is 2710. The average molecular weight is 1550 g/mol. The lowest BCUT2D eigenvalue weighted by atomic mass is 10.0. The number of methoxy groups -OCH3 is 1. The molecule has 0 bridgehead atoms. The average Bonchev–Trinajstić information content (AvgIpc) is 0.860. The molecule has 0 aromatic carbocycles. The molecule has 12 atom stereocenters. The van der Waals surface area contributed by atoms with Gasteiger partial charge in [-0.1, -0.05) is 41.4 Å². The fraction of sp³-hybridized carbons (Fsp3) is 0.770. The Morgan fingerprint density at radius 3 is 0.935 bits per heavy atom. The third kappa shape index (κ3) is 46.1. The van der Waals surface area contributed by atoms with E-state index in [1.165, 1.54) is 36.9 Å². The minimum absolute atomic E-state index is 0.00458. The van der Waals surface area contributed by atoms with E-state index < -0.39 is 144 Å². The summed E-state index contributed by atoms with van der Waals surface area (Å²) in [6.07, 6.45) is 16.0. The first-order chi connectivity index (χ1) is 51.7. The van der Waals surface area contributed by atoms with Gasteiger partial charge in [0, 0.05) is 11.5 Å². The Balaban J connectivity index is 6.90. The van der Waals surface area contributed by atoms with Gasteiger partial charge in [-0.3, -0.25) is 47.9 Å². The van der Waals surface area contributed by atoms with Gasteiger partial charge < -0.3 is 120 Å². The summed E-state index contributed by atoms with van der Waals surface area (Å²) in [7, 11) is 1.19. The van der Waals surface area contributed by atoms with Crippen LogP contribution in [-0.2, 0) is 57.5 Å². The number of thioether (sulfide) groups is 1. The molecule has 0 aliphatic heterocycles. The van der Waals surface area contributed by atoms with Crippen molar-refractivity contribution in [3.8, 4) is 0 Å². The second kappa shape index (κ2) is 63.0. The highest BCUT2D eigenvalue weighted by Gasteiger charge is 2.37. The number of rotatable bonds is 65. The van der Waals surface area contributed by atoms with E-state index in [-0.39, 0.29) is 103 Å². The van der Waals surface area contributed by atoms with Crippen molar-refractivity contribution in [3.05, 3.63) is 34.9 Å². The summed E-state index contributed by atoms with van der Waals surface area (Å²) in [5, 5.41) is 48.3. The number of hydrogen-bond donors (Lipinski definition) is 21. The van der Waals surface area contributed by atoms with Crippen LogP contribution in [0.15, 0.2) is 34.9 Å². The van der Waals surface area contributed by atoms with Crippen LogP contribution in [0.3, 0.4) is 0 Å². The fourth-order valence-corrected chi connectivity index (χ4v) is 12.3. The summed E-state index contributed by atoms with van der Waals surface area (Å²) < 4.78 is 5.04. The molecular weight excluding hydrogens is 1410 g/mol. The quantitative estimate of drug-likeness (QED) is 0.0195. The number of carbonyl (C=O) groups excluding carboxylic acids is 11. The van der Waals surface area contributed by atoms with Crippen LogP contribution in [-0.4, -0.2) is 225 Å². The van der Waals surface area contributed by atoms with E-state index in [1.807, 2.05) is 6.92 Å². The second-order valence-corrected chi connectivity index (χ2v) is 28.9. The van der Waals surface area contributed by atoms with Crippen LogP contribution in [0.1, 0.15) is 214 Å². The maximum absolute atomic E-state index is 14.6. The van der Waals surface area contributed by atoms with Gasteiger partial charge >= 0.3 is 5.97 Å². The van der Waals surface area contributed by atoms with Crippen molar-refractivity contribution in [1.82, 2.24) is 53.2 Å². The normalized spacial score (nSPS) is 15.0. The Labute approximate surface area is 645 Å². The number of nitrogens with one attached hydrogen (secondary N) is 10. The second-order valence-electron chi connectivity index (χ2n) is 27.9. The van der Waals surface area contributed by atoms with Gasteiger partial charge in [-0.25, -0.2) is 4.79 Å². The number of aliphatic hydroxyl groups is 2. The van der Waals surface area contributed by atoms with Gasteiger partial charge in [0.05, 0.1) is 25.9 Å². The van der Waals surface area contributed by atoms with Crippen LogP contribution in [0.2, 0.25) is 0 Å². The Morgan fingerprint density at radius 2 is 0.630 bits per heavy atom. The molecule has 0 saturated carbocycles. The van der Waals surface area contributed by atoms with Gasteiger partial charge in [-0.05, 0) is 260 Å². The lowest BCUT2D eigenvalue weighted by Gasteiger charge is -2.29. The van der Waals surface area contributed by atoms with E-state index in [0.717, 1.165) is 31.3 Å². The van der Waals surface area contributed by atoms with Crippen molar-refractivity contribution in [2.24, 2.45) is 51.6 Å². The summed E-state index contributed by atoms with van der Waals surface area (Å²) >= 11 is 1.40. The molecule has 0 unspecified atom stereocenters.